The molecule has 0 aliphatic rings. The molecular weight excluding hydrogens is 559 g/mol. The van der Waals surface area contributed by atoms with Gasteiger partial charge in [-0.15, -0.1) is 11.3 Å². The van der Waals surface area contributed by atoms with Gasteiger partial charge in [-0.1, -0.05) is 60.7 Å². The van der Waals surface area contributed by atoms with Gasteiger partial charge in [-0.2, -0.15) is 0 Å². The molecule has 0 bridgehead atoms. The summed E-state index contributed by atoms with van der Waals surface area (Å²) in [6, 6.07) is 49.5. The molecule has 0 N–H and O–H groups in total. The summed E-state index contributed by atoms with van der Waals surface area (Å²) in [6.45, 7) is 0. The first-order valence-corrected chi connectivity index (χ1v) is 15.6. The molecule has 206 valence electrons. The quantitative estimate of drug-likeness (QED) is 0.208. The predicted molar refractivity (Wildman–Crippen MR) is 186 cm³/mol. The maximum absolute atomic E-state index is 6.33. The molecule has 0 aliphatic carbocycles. The number of furan rings is 2. The van der Waals surface area contributed by atoms with Gasteiger partial charge in [-0.05, 0) is 77.5 Å². The Balaban J connectivity index is 1.20. The lowest BCUT2D eigenvalue weighted by atomic mass is 10.0. The Morgan fingerprint density at radius 3 is 1.59 bits per heavy atom. The molecule has 0 amide bonds. The molecule has 10 rings (SSSR count). The van der Waals surface area contributed by atoms with Gasteiger partial charge in [0.05, 0.1) is 0 Å². The molecule has 0 saturated heterocycles. The van der Waals surface area contributed by atoms with E-state index in [2.05, 4.69) is 120 Å². The van der Waals surface area contributed by atoms with Gasteiger partial charge in [0.1, 0.15) is 22.3 Å². The lowest BCUT2D eigenvalue weighted by molar-refractivity contribution is 0.669. The first-order valence-electron chi connectivity index (χ1n) is 14.7. The summed E-state index contributed by atoms with van der Waals surface area (Å²) in [5.41, 5.74) is 6.64. The highest BCUT2D eigenvalue weighted by Gasteiger charge is 2.18. The second kappa shape index (κ2) is 8.96. The summed E-state index contributed by atoms with van der Waals surface area (Å²) >= 11 is 1.85. The van der Waals surface area contributed by atoms with Crippen LogP contribution in [0.25, 0.3) is 74.8 Å². The highest BCUT2D eigenvalue weighted by molar-refractivity contribution is 7.25. The Morgan fingerprint density at radius 1 is 0.364 bits per heavy atom. The number of nitrogens with zero attached hydrogens (tertiary/aromatic N) is 1. The van der Waals surface area contributed by atoms with Gasteiger partial charge in [-0.3, -0.25) is 0 Å². The average Bonchev–Trinajstić information content (AvgIpc) is 3.74. The standard InChI is InChI=1S/C40H23NO2S/c1-4-10-35-29(7-1)31-17-15-27(22-37(31)42-35)41(28-16-18-32-30-8-2-5-11-36(30)43-38(32)23-28)26-14-13-24-20-34-33-9-3-6-12-39(33)44-40(34)21-25(24)19-26/h1-23H. The van der Waals surface area contributed by atoms with E-state index < -0.39 is 0 Å². The predicted octanol–water partition coefficient (Wildman–Crippen LogP) is 12.5. The zero-order valence-electron chi connectivity index (χ0n) is 23.5. The van der Waals surface area contributed by atoms with Crippen molar-refractivity contribution in [1.82, 2.24) is 0 Å². The van der Waals surface area contributed by atoms with Crippen LogP contribution in [0.2, 0.25) is 0 Å². The summed E-state index contributed by atoms with van der Waals surface area (Å²) in [5, 5.41) is 9.55. The number of hydrogen-bond donors (Lipinski definition) is 0. The van der Waals surface area contributed by atoms with Crippen LogP contribution in [-0.2, 0) is 0 Å². The van der Waals surface area contributed by atoms with E-state index in [0.29, 0.717) is 0 Å². The van der Waals surface area contributed by atoms with Gasteiger partial charge >= 0.3 is 0 Å². The summed E-state index contributed by atoms with van der Waals surface area (Å²) in [5.74, 6) is 0. The van der Waals surface area contributed by atoms with E-state index in [0.717, 1.165) is 60.9 Å². The molecular formula is C40H23NO2S. The van der Waals surface area contributed by atoms with Gasteiger partial charge < -0.3 is 13.7 Å². The van der Waals surface area contributed by atoms with Crippen LogP contribution in [0.15, 0.2) is 148 Å². The topological polar surface area (TPSA) is 29.5 Å². The van der Waals surface area contributed by atoms with Crippen LogP contribution >= 0.6 is 11.3 Å². The van der Waals surface area contributed by atoms with Crippen molar-refractivity contribution in [3.63, 3.8) is 0 Å². The number of rotatable bonds is 3. The van der Waals surface area contributed by atoms with Gasteiger partial charge in [-0.25, -0.2) is 0 Å². The molecule has 7 aromatic carbocycles. The molecule has 0 saturated carbocycles. The third-order valence-electron chi connectivity index (χ3n) is 8.82. The molecule has 0 aliphatic heterocycles. The molecule has 4 heteroatoms. The van der Waals surface area contributed by atoms with Crippen molar-refractivity contribution in [2.24, 2.45) is 0 Å². The third kappa shape index (κ3) is 3.49. The molecule has 0 atom stereocenters. The van der Waals surface area contributed by atoms with E-state index in [-0.39, 0.29) is 0 Å². The highest BCUT2D eigenvalue weighted by atomic mass is 32.1. The Bertz CT molecular complexity index is 2630. The molecule has 3 heterocycles. The van der Waals surface area contributed by atoms with Crippen molar-refractivity contribution < 1.29 is 8.83 Å². The van der Waals surface area contributed by atoms with Crippen molar-refractivity contribution in [2.75, 3.05) is 4.90 Å². The second-order valence-corrected chi connectivity index (χ2v) is 12.5. The molecule has 0 radical (unpaired) electrons. The minimum Gasteiger partial charge on any atom is -0.456 e. The largest absolute Gasteiger partial charge is 0.456 e. The maximum Gasteiger partial charge on any atom is 0.137 e. The average molecular weight is 582 g/mol. The van der Waals surface area contributed by atoms with Crippen LogP contribution in [0.5, 0.6) is 0 Å². The first kappa shape index (κ1) is 23.9. The summed E-state index contributed by atoms with van der Waals surface area (Å²) in [4.78, 5) is 2.30. The molecule has 3 nitrogen and oxygen atoms in total. The van der Waals surface area contributed by atoms with Crippen molar-refractivity contribution in [3.8, 4) is 0 Å². The van der Waals surface area contributed by atoms with Crippen molar-refractivity contribution in [2.45, 2.75) is 0 Å². The van der Waals surface area contributed by atoms with E-state index >= 15 is 0 Å². The second-order valence-electron chi connectivity index (χ2n) is 11.4. The summed E-state index contributed by atoms with van der Waals surface area (Å²) in [7, 11) is 0. The van der Waals surface area contributed by atoms with E-state index in [4.69, 9.17) is 8.83 Å². The SMILES string of the molecule is c1ccc2c(c1)oc1cc(N(c3ccc4cc5c(cc4c3)sc3ccccc35)c3ccc4c(c3)oc3ccccc34)ccc12. The molecule has 3 aromatic heterocycles. The van der Waals surface area contributed by atoms with Crippen LogP contribution < -0.4 is 4.90 Å². The number of hydrogen-bond acceptors (Lipinski definition) is 4. The number of thiophene rings is 1. The summed E-state index contributed by atoms with van der Waals surface area (Å²) < 4.78 is 15.3. The molecule has 44 heavy (non-hydrogen) atoms. The maximum atomic E-state index is 6.33. The first-order chi connectivity index (χ1) is 21.8. The fraction of sp³-hybridized carbons (Fsp3) is 0. The fourth-order valence-electron chi connectivity index (χ4n) is 6.75. The minimum atomic E-state index is 0.867. The zero-order chi connectivity index (χ0) is 28.8. The van der Waals surface area contributed by atoms with Gasteiger partial charge in [0.2, 0.25) is 0 Å². The van der Waals surface area contributed by atoms with Gasteiger partial charge in [0, 0.05) is 70.9 Å². The zero-order valence-corrected chi connectivity index (χ0v) is 24.3. The van der Waals surface area contributed by atoms with Crippen LogP contribution in [0, 0.1) is 0 Å². The van der Waals surface area contributed by atoms with Crippen LogP contribution in [0.3, 0.4) is 0 Å². The third-order valence-corrected chi connectivity index (χ3v) is 9.95. The molecule has 10 aromatic rings. The fourth-order valence-corrected chi connectivity index (χ4v) is 7.89. The van der Waals surface area contributed by atoms with E-state index in [1.165, 1.54) is 30.9 Å². The smallest absolute Gasteiger partial charge is 0.137 e. The number of para-hydroxylation sites is 2. The molecule has 0 unspecified atom stereocenters. The Labute approximate surface area is 255 Å². The highest BCUT2D eigenvalue weighted by Crippen LogP contribution is 2.43. The number of fused-ring (bicyclic) bond motifs is 10. The lowest BCUT2D eigenvalue weighted by Crippen LogP contribution is -2.09. The van der Waals surface area contributed by atoms with Crippen LogP contribution in [-0.4, -0.2) is 0 Å². The van der Waals surface area contributed by atoms with Crippen LogP contribution in [0.4, 0.5) is 17.1 Å². The Morgan fingerprint density at radius 2 is 0.909 bits per heavy atom. The van der Waals surface area contributed by atoms with Gasteiger partial charge in [0.15, 0.2) is 0 Å². The molecule has 0 spiro atoms. The van der Waals surface area contributed by atoms with E-state index in [9.17, 15) is 0 Å². The van der Waals surface area contributed by atoms with Gasteiger partial charge in [0.25, 0.3) is 0 Å². The summed E-state index contributed by atoms with van der Waals surface area (Å²) in [6.07, 6.45) is 0. The van der Waals surface area contributed by atoms with E-state index in [1.807, 2.05) is 35.6 Å². The number of benzene rings is 7. The lowest BCUT2D eigenvalue weighted by Gasteiger charge is -2.26. The Hall–Kier alpha value is -5.58. The van der Waals surface area contributed by atoms with Crippen LogP contribution in [0.1, 0.15) is 0 Å². The number of anilines is 3. The van der Waals surface area contributed by atoms with Crippen molar-refractivity contribution >= 4 is 103 Å². The van der Waals surface area contributed by atoms with Crippen molar-refractivity contribution in [1.29, 1.82) is 0 Å². The van der Waals surface area contributed by atoms with E-state index in [1.54, 1.807) is 0 Å². The monoisotopic (exact) mass is 581 g/mol. The minimum absolute atomic E-state index is 0.867. The normalized spacial score (nSPS) is 12.1. The van der Waals surface area contributed by atoms with Crippen molar-refractivity contribution in [3.05, 3.63) is 140 Å². The molecule has 0 fully saturated rings. The Kier molecular flexibility index (Phi) is 4.87.